The van der Waals surface area contributed by atoms with Crippen molar-refractivity contribution in [3.8, 4) is 0 Å². The topological polar surface area (TPSA) is 100 Å². The van der Waals surface area contributed by atoms with E-state index in [0.717, 1.165) is 0 Å². The molecule has 1 aromatic rings. The Balaban J connectivity index is 2.93. The third kappa shape index (κ3) is 7.94. The normalized spacial score (nSPS) is 12.9. The number of benzene rings is 1. The molecule has 0 spiro atoms. The predicted octanol–water partition coefficient (Wildman–Crippen LogP) is 3.14. The number of halogens is 1. The Morgan fingerprint density at radius 3 is 2.50 bits per heavy atom. The Labute approximate surface area is 162 Å². The number of ether oxygens (including phenoxy) is 1. The van der Waals surface area contributed by atoms with Gasteiger partial charge in [0, 0.05) is 33.5 Å². The molecule has 0 heterocycles. The van der Waals surface area contributed by atoms with Crippen LogP contribution in [-0.4, -0.2) is 46.8 Å². The van der Waals surface area contributed by atoms with Gasteiger partial charge in [-0.3, -0.25) is 4.79 Å². The summed E-state index contributed by atoms with van der Waals surface area (Å²) in [6, 6.07) is 6.56. The number of rotatable bonds is 7. The van der Waals surface area contributed by atoms with Crippen LogP contribution in [0.25, 0.3) is 0 Å². The van der Waals surface area contributed by atoms with E-state index in [9.17, 15) is 9.00 Å². The first kappa shape index (κ1) is 22.1. The van der Waals surface area contributed by atoms with Crippen LogP contribution >= 0.6 is 15.9 Å². The molecule has 0 atom stereocenters. The van der Waals surface area contributed by atoms with Crippen LogP contribution in [0.4, 0.5) is 5.69 Å². The van der Waals surface area contributed by atoms with Gasteiger partial charge in [-0.05, 0) is 53.2 Å². The average Bonchev–Trinajstić information content (AvgIpc) is 2.56. The maximum atomic E-state index is 11.9. The molecule has 0 saturated heterocycles. The Morgan fingerprint density at radius 2 is 2.00 bits per heavy atom. The number of aliphatic imine (C=N–C) groups is 1. The summed E-state index contributed by atoms with van der Waals surface area (Å²) in [6.07, 6.45) is 4.35. The minimum atomic E-state index is -2.49. The molecule has 0 aliphatic carbocycles. The van der Waals surface area contributed by atoms with Crippen LogP contribution in [0.5, 0.6) is 0 Å². The second kappa shape index (κ2) is 10.2. The van der Waals surface area contributed by atoms with Crippen molar-refractivity contribution in [2.75, 3.05) is 31.0 Å². The molecule has 9 heteroatoms. The van der Waals surface area contributed by atoms with Crippen LogP contribution < -0.4 is 5.32 Å². The molecule has 0 radical (unpaired) electrons. The first-order chi connectivity index (χ1) is 12.2. The molecule has 0 aromatic heterocycles. The van der Waals surface area contributed by atoms with Crippen LogP contribution in [0, 0.1) is 0 Å². The second-order valence-corrected chi connectivity index (χ2v) is 8.81. The van der Waals surface area contributed by atoms with Gasteiger partial charge in [0.05, 0.1) is 11.1 Å². The lowest BCUT2D eigenvalue weighted by atomic mass is 10.2. The summed E-state index contributed by atoms with van der Waals surface area (Å²) in [5.74, 6) is 0.297. The van der Waals surface area contributed by atoms with Crippen LogP contribution in [0.15, 0.2) is 56.6 Å². The highest BCUT2D eigenvalue weighted by Crippen LogP contribution is 2.17. The lowest BCUT2D eigenvalue weighted by Gasteiger charge is -2.10. The van der Waals surface area contributed by atoms with Crippen molar-refractivity contribution in [1.82, 2.24) is 0 Å². The largest absolute Gasteiger partial charge is 0.474 e. The van der Waals surface area contributed by atoms with Crippen molar-refractivity contribution in [1.29, 1.82) is 0 Å². The second-order valence-electron chi connectivity index (χ2n) is 5.41. The van der Waals surface area contributed by atoms with E-state index in [1.165, 1.54) is 18.6 Å². The number of anilines is 1. The van der Waals surface area contributed by atoms with E-state index < -0.39 is 15.6 Å². The van der Waals surface area contributed by atoms with E-state index in [0.29, 0.717) is 21.6 Å². The highest BCUT2D eigenvalue weighted by atomic mass is 79.9. The fourth-order valence-electron chi connectivity index (χ4n) is 1.72. The number of aliphatic hydroxyl groups is 1. The SMILES string of the molecule is C=C/C(Br)=C(\N=C(/C)Nc1ccc(C(=O)N=S(C)(C)=O)cc1)OCCO. The van der Waals surface area contributed by atoms with Gasteiger partial charge in [0.2, 0.25) is 5.88 Å². The Bertz CT molecular complexity index is 830. The van der Waals surface area contributed by atoms with Crippen molar-refractivity contribution in [3.05, 3.63) is 52.8 Å². The summed E-state index contributed by atoms with van der Waals surface area (Å²) < 4.78 is 21.1. The summed E-state index contributed by atoms with van der Waals surface area (Å²) in [6.45, 7) is 5.34. The van der Waals surface area contributed by atoms with Gasteiger partial charge in [0.25, 0.3) is 5.91 Å². The minimum Gasteiger partial charge on any atom is -0.474 e. The summed E-state index contributed by atoms with van der Waals surface area (Å²) in [5, 5.41) is 11.9. The zero-order valence-corrected chi connectivity index (χ0v) is 17.3. The van der Waals surface area contributed by atoms with Gasteiger partial charge < -0.3 is 15.2 Å². The average molecular weight is 444 g/mol. The van der Waals surface area contributed by atoms with E-state index in [1.807, 2.05) is 0 Å². The number of carbonyl (C=O) groups is 1. The summed E-state index contributed by atoms with van der Waals surface area (Å²) >= 11 is 3.29. The lowest BCUT2D eigenvalue weighted by Crippen LogP contribution is -2.10. The summed E-state index contributed by atoms with van der Waals surface area (Å²) in [4.78, 5) is 16.2. The molecule has 2 N–H and O–H groups in total. The van der Waals surface area contributed by atoms with Gasteiger partial charge in [-0.1, -0.05) is 6.58 Å². The molecule has 0 fully saturated rings. The quantitative estimate of drug-likeness (QED) is 0.291. The number of amidine groups is 1. The van der Waals surface area contributed by atoms with Gasteiger partial charge >= 0.3 is 0 Å². The van der Waals surface area contributed by atoms with Crippen LogP contribution in [-0.2, 0) is 14.5 Å². The number of nitrogens with zero attached hydrogens (tertiary/aromatic N) is 2. The first-order valence-corrected chi connectivity index (χ1v) is 10.7. The molecular formula is C17H22BrN3O4S. The number of aliphatic hydroxyl groups excluding tert-OH is 1. The van der Waals surface area contributed by atoms with Crippen molar-refractivity contribution in [2.24, 2.45) is 9.36 Å². The molecule has 0 aliphatic rings. The zero-order valence-electron chi connectivity index (χ0n) is 14.9. The van der Waals surface area contributed by atoms with Gasteiger partial charge in [-0.25, -0.2) is 4.21 Å². The third-order valence-electron chi connectivity index (χ3n) is 2.74. The van der Waals surface area contributed by atoms with Gasteiger partial charge in [0.1, 0.15) is 12.4 Å². The van der Waals surface area contributed by atoms with Gasteiger partial charge in [0.15, 0.2) is 0 Å². The number of hydrogen-bond acceptors (Lipinski definition) is 5. The van der Waals surface area contributed by atoms with E-state index in [1.54, 1.807) is 31.2 Å². The number of hydrogen-bond donors (Lipinski definition) is 2. The standard InChI is InChI=1S/C17H22BrN3O4S/c1-5-15(18)17(25-11-10-22)20-12(2)19-14-8-6-13(7-9-14)16(23)21-26(3,4)24/h5-9,22H,1,10-11H2,2-4H3,(H,19,20)/b17-15-. The highest BCUT2D eigenvalue weighted by Gasteiger charge is 2.07. The first-order valence-electron chi connectivity index (χ1n) is 7.56. The summed E-state index contributed by atoms with van der Waals surface area (Å²) in [7, 11) is -2.49. The Morgan fingerprint density at radius 1 is 1.38 bits per heavy atom. The van der Waals surface area contributed by atoms with Crippen molar-refractivity contribution in [2.45, 2.75) is 6.92 Å². The fraction of sp³-hybridized carbons (Fsp3) is 0.294. The maximum Gasteiger partial charge on any atom is 0.285 e. The molecule has 142 valence electrons. The van der Waals surface area contributed by atoms with E-state index in [-0.39, 0.29) is 19.1 Å². The molecule has 1 amide bonds. The van der Waals surface area contributed by atoms with Gasteiger partial charge in [-0.15, -0.1) is 0 Å². The molecule has 1 aromatic carbocycles. The van der Waals surface area contributed by atoms with Crippen LogP contribution in [0.1, 0.15) is 17.3 Å². The summed E-state index contributed by atoms with van der Waals surface area (Å²) in [5.41, 5.74) is 1.05. The van der Waals surface area contributed by atoms with E-state index >= 15 is 0 Å². The Hall–Kier alpha value is -1.97. The van der Waals surface area contributed by atoms with Crippen molar-refractivity contribution < 1.29 is 18.8 Å². The monoisotopic (exact) mass is 443 g/mol. The molecule has 0 unspecified atom stereocenters. The number of nitrogens with one attached hydrogen (secondary N) is 1. The maximum absolute atomic E-state index is 11.9. The molecule has 0 bridgehead atoms. The molecule has 0 aliphatic heterocycles. The van der Waals surface area contributed by atoms with Gasteiger partial charge in [-0.2, -0.15) is 9.36 Å². The third-order valence-corrected chi connectivity index (χ3v) is 4.01. The van der Waals surface area contributed by atoms with E-state index in [4.69, 9.17) is 9.84 Å². The molecule has 7 nitrogen and oxygen atoms in total. The zero-order chi connectivity index (χ0) is 19.7. The van der Waals surface area contributed by atoms with Crippen molar-refractivity contribution in [3.63, 3.8) is 0 Å². The molecule has 26 heavy (non-hydrogen) atoms. The fourth-order valence-corrected chi connectivity index (χ4v) is 2.43. The number of allylic oxidation sites excluding steroid dienone is 2. The van der Waals surface area contributed by atoms with Crippen LogP contribution in [0.2, 0.25) is 0 Å². The van der Waals surface area contributed by atoms with Crippen LogP contribution in [0.3, 0.4) is 0 Å². The molecule has 1 rings (SSSR count). The lowest BCUT2D eigenvalue weighted by molar-refractivity contribution is 0.100. The number of carbonyl (C=O) groups excluding carboxylic acids is 1. The Kier molecular flexibility index (Phi) is 8.70. The number of amides is 1. The predicted molar refractivity (Wildman–Crippen MR) is 109 cm³/mol. The van der Waals surface area contributed by atoms with Crippen molar-refractivity contribution >= 4 is 43.1 Å². The molecule has 0 saturated carbocycles. The van der Waals surface area contributed by atoms with E-state index in [2.05, 4.69) is 37.2 Å². The smallest absolute Gasteiger partial charge is 0.285 e. The molecular weight excluding hydrogens is 422 g/mol. The highest BCUT2D eigenvalue weighted by molar-refractivity contribution is 9.11. The minimum absolute atomic E-state index is 0.105.